The molecule has 2 N–H and O–H groups in total. The van der Waals surface area contributed by atoms with Gasteiger partial charge in [0.25, 0.3) is 0 Å². The first-order valence-electron chi connectivity index (χ1n) is 6.29. The minimum atomic E-state index is 0.0779. The van der Waals surface area contributed by atoms with Gasteiger partial charge in [0.1, 0.15) is 4.60 Å². The number of aryl methyl sites for hydroxylation is 1. The van der Waals surface area contributed by atoms with E-state index in [9.17, 15) is 4.79 Å². The molecule has 4 nitrogen and oxygen atoms in total. The molecule has 98 valence electrons. The third-order valence-corrected chi connectivity index (χ3v) is 3.71. The van der Waals surface area contributed by atoms with Gasteiger partial charge in [-0.1, -0.05) is 0 Å². The molecule has 0 aliphatic carbocycles. The number of halogens is 1. The lowest BCUT2D eigenvalue weighted by atomic mass is 10.0. The second-order valence-corrected chi connectivity index (χ2v) is 5.53. The number of carbonyl (C=O) groups is 1. The molecule has 5 heteroatoms. The summed E-state index contributed by atoms with van der Waals surface area (Å²) in [6.45, 7) is 4.02. The molecular formula is C13H18BrN3O. The van der Waals surface area contributed by atoms with Gasteiger partial charge >= 0.3 is 0 Å². The predicted molar refractivity (Wildman–Crippen MR) is 75.5 cm³/mol. The second kappa shape index (κ2) is 6.29. The number of hydrogen-bond donors (Lipinski definition) is 2. The van der Waals surface area contributed by atoms with Crippen molar-refractivity contribution in [3.8, 4) is 0 Å². The van der Waals surface area contributed by atoms with Gasteiger partial charge in [-0.3, -0.25) is 4.79 Å². The van der Waals surface area contributed by atoms with Crippen LogP contribution in [-0.2, 0) is 4.79 Å². The van der Waals surface area contributed by atoms with E-state index in [0.29, 0.717) is 12.3 Å². The lowest BCUT2D eigenvalue weighted by Gasteiger charge is -2.10. The third kappa shape index (κ3) is 3.78. The maximum atomic E-state index is 11.8. The molecule has 2 rings (SSSR count). The van der Waals surface area contributed by atoms with Gasteiger partial charge in [-0.25, -0.2) is 4.98 Å². The summed E-state index contributed by atoms with van der Waals surface area (Å²) in [5.74, 6) is 0.731. The van der Waals surface area contributed by atoms with E-state index in [4.69, 9.17) is 0 Å². The minimum absolute atomic E-state index is 0.0779. The molecule has 1 saturated heterocycles. The highest BCUT2D eigenvalue weighted by Gasteiger charge is 2.16. The lowest BCUT2D eigenvalue weighted by molar-refractivity contribution is -0.116. The Labute approximate surface area is 116 Å². The molecule has 1 aliphatic heterocycles. The van der Waals surface area contributed by atoms with Crippen LogP contribution in [0.1, 0.15) is 25.0 Å². The smallest absolute Gasteiger partial charge is 0.224 e. The van der Waals surface area contributed by atoms with Crippen LogP contribution in [0.5, 0.6) is 0 Å². The van der Waals surface area contributed by atoms with Crippen molar-refractivity contribution in [1.29, 1.82) is 0 Å². The van der Waals surface area contributed by atoms with Crippen LogP contribution in [0.25, 0.3) is 0 Å². The summed E-state index contributed by atoms with van der Waals surface area (Å²) in [6, 6.07) is 3.71. The lowest BCUT2D eigenvalue weighted by Crippen LogP contribution is -2.15. The first-order valence-corrected chi connectivity index (χ1v) is 7.08. The number of amides is 1. The van der Waals surface area contributed by atoms with E-state index in [2.05, 4.69) is 31.5 Å². The van der Waals surface area contributed by atoms with Gasteiger partial charge < -0.3 is 10.6 Å². The first-order chi connectivity index (χ1) is 8.65. The number of pyridine rings is 1. The van der Waals surface area contributed by atoms with Crippen molar-refractivity contribution in [2.45, 2.75) is 26.2 Å². The zero-order valence-electron chi connectivity index (χ0n) is 10.5. The maximum absolute atomic E-state index is 11.8. The molecule has 0 radical (unpaired) electrons. The Morgan fingerprint density at radius 2 is 2.44 bits per heavy atom. The second-order valence-electron chi connectivity index (χ2n) is 4.71. The molecule has 1 atom stereocenters. The van der Waals surface area contributed by atoms with Gasteiger partial charge in [0.05, 0.1) is 11.4 Å². The van der Waals surface area contributed by atoms with Crippen molar-refractivity contribution in [3.05, 3.63) is 22.4 Å². The fourth-order valence-corrected chi connectivity index (χ4v) is 2.57. The van der Waals surface area contributed by atoms with Gasteiger partial charge in [-0.15, -0.1) is 0 Å². The highest BCUT2D eigenvalue weighted by Crippen LogP contribution is 2.18. The molecule has 2 heterocycles. The molecular weight excluding hydrogens is 294 g/mol. The molecule has 0 bridgehead atoms. The Bertz CT molecular complexity index is 430. The molecule has 1 aromatic rings. The highest BCUT2D eigenvalue weighted by molar-refractivity contribution is 9.10. The Morgan fingerprint density at radius 1 is 1.61 bits per heavy atom. The van der Waals surface area contributed by atoms with Crippen LogP contribution in [-0.4, -0.2) is 24.0 Å². The van der Waals surface area contributed by atoms with Crippen molar-refractivity contribution in [2.24, 2.45) is 5.92 Å². The number of aromatic nitrogens is 1. The molecule has 18 heavy (non-hydrogen) atoms. The number of carbonyl (C=O) groups excluding carboxylic acids is 1. The molecule has 1 fully saturated rings. The molecule has 0 spiro atoms. The number of hydrogen-bond acceptors (Lipinski definition) is 3. The topological polar surface area (TPSA) is 54.0 Å². The molecule has 1 aliphatic rings. The summed E-state index contributed by atoms with van der Waals surface area (Å²) in [7, 11) is 0. The summed E-state index contributed by atoms with van der Waals surface area (Å²) in [5, 5.41) is 6.23. The first kappa shape index (κ1) is 13.5. The SMILES string of the molecule is Cc1nc(Br)ccc1NC(=O)CCC1CCNC1. The quantitative estimate of drug-likeness (QED) is 0.840. The average Bonchev–Trinajstić information content (AvgIpc) is 2.83. The van der Waals surface area contributed by atoms with Gasteiger partial charge in [-0.2, -0.15) is 0 Å². The molecule has 1 aromatic heterocycles. The van der Waals surface area contributed by atoms with E-state index in [1.54, 1.807) is 0 Å². The summed E-state index contributed by atoms with van der Waals surface area (Å²) < 4.78 is 0.787. The van der Waals surface area contributed by atoms with Crippen LogP contribution in [0.3, 0.4) is 0 Å². The van der Waals surface area contributed by atoms with Gasteiger partial charge in [0.15, 0.2) is 0 Å². The number of anilines is 1. The zero-order valence-corrected chi connectivity index (χ0v) is 12.1. The van der Waals surface area contributed by atoms with Crippen molar-refractivity contribution >= 4 is 27.5 Å². The third-order valence-electron chi connectivity index (χ3n) is 3.27. The van der Waals surface area contributed by atoms with Crippen LogP contribution < -0.4 is 10.6 Å². The van der Waals surface area contributed by atoms with Crippen LogP contribution in [0.15, 0.2) is 16.7 Å². The van der Waals surface area contributed by atoms with Gasteiger partial charge in [-0.05, 0) is 66.8 Å². The fraction of sp³-hybridized carbons (Fsp3) is 0.538. The van der Waals surface area contributed by atoms with Crippen molar-refractivity contribution < 1.29 is 4.79 Å². The number of nitrogens with one attached hydrogen (secondary N) is 2. The largest absolute Gasteiger partial charge is 0.325 e. The van der Waals surface area contributed by atoms with Crippen molar-refractivity contribution in [3.63, 3.8) is 0 Å². The Balaban J connectivity index is 1.82. The molecule has 0 saturated carbocycles. The minimum Gasteiger partial charge on any atom is -0.325 e. The summed E-state index contributed by atoms with van der Waals surface area (Å²) in [6.07, 6.45) is 2.73. The van der Waals surface area contributed by atoms with E-state index in [1.165, 1.54) is 6.42 Å². The summed E-state index contributed by atoms with van der Waals surface area (Å²) in [5.41, 5.74) is 1.63. The predicted octanol–water partition coefficient (Wildman–Crippen LogP) is 2.48. The number of nitrogens with zero attached hydrogens (tertiary/aromatic N) is 1. The van der Waals surface area contributed by atoms with Gasteiger partial charge in [0.2, 0.25) is 5.91 Å². The molecule has 1 unspecified atom stereocenters. The Morgan fingerprint density at radius 3 is 3.11 bits per heavy atom. The summed E-state index contributed by atoms with van der Waals surface area (Å²) in [4.78, 5) is 16.1. The van der Waals surface area contributed by atoms with E-state index < -0.39 is 0 Å². The highest BCUT2D eigenvalue weighted by atomic mass is 79.9. The number of rotatable bonds is 4. The standard InChI is InChI=1S/C13H18BrN3O/c1-9-11(3-4-12(14)16-9)17-13(18)5-2-10-6-7-15-8-10/h3-4,10,15H,2,5-8H2,1H3,(H,17,18). The van der Waals surface area contributed by atoms with Gasteiger partial charge in [0, 0.05) is 6.42 Å². The Kier molecular flexibility index (Phi) is 4.72. The van der Waals surface area contributed by atoms with Crippen LogP contribution >= 0.6 is 15.9 Å². The maximum Gasteiger partial charge on any atom is 0.224 e. The van der Waals surface area contributed by atoms with E-state index >= 15 is 0 Å². The average molecular weight is 312 g/mol. The monoisotopic (exact) mass is 311 g/mol. The van der Waals surface area contributed by atoms with E-state index in [0.717, 1.165) is 35.5 Å². The van der Waals surface area contributed by atoms with Crippen molar-refractivity contribution in [1.82, 2.24) is 10.3 Å². The molecule has 0 aromatic carbocycles. The van der Waals surface area contributed by atoms with E-state index in [-0.39, 0.29) is 5.91 Å². The van der Waals surface area contributed by atoms with Crippen LogP contribution in [0.4, 0.5) is 5.69 Å². The Hall–Kier alpha value is -0.940. The van der Waals surface area contributed by atoms with Crippen molar-refractivity contribution in [2.75, 3.05) is 18.4 Å². The zero-order chi connectivity index (χ0) is 13.0. The normalized spacial score (nSPS) is 18.9. The molecule has 1 amide bonds. The fourth-order valence-electron chi connectivity index (χ4n) is 2.17. The van der Waals surface area contributed by atoms with Crippen LogP contribution in [0.2, 0.25) is 0 Å². The van der Waals surface area contributed by atoms with Crippen LogP contribution in [0, 0.1) is 12.8 Å². The summed E-state index contributed by atoms with van der Waals surface area (Å²) >= 11 is 3.31. The van der Waals surface area contributed by atoms with E-state index in [1.807, 2.05) is 19.1 Å².